The van der Waals surface area contributed by atoms with Crippen molar-refractivity contribution in [3.63, 3.8) is 0 Å². The van der Waals surface area contributed by atoms with Gasteiger partial charge < -0.3 is 5.32 Å². The molecule has 0 unspecified atom stereocenters. The average Bonchev–Trinajstić information content (AvgIpc) is 2.53. The van der Waals surface area contributed by atoms with Gasteiger partial charge in [0.15, 0.2) is 9.84 Å². The SMILES string of the molecule is CS(=O)(=O)c1ccc(NCCc2ccc(C(F)(F)F)cc2)c([N+](=O)[O-])c1. The van der Waals surface area contributed by atoms with Gasteiger partial charge in [-0.3, -0.25) is 10.1 Å². The summed E-state index contributed by atoms with van der Waals surface area (Å²) < 4.78 is 60.5. The standard InChI is InChI=1S/C16H15F3N2O4S/c1-26(24,25)13-6-7-14(15(10-13)21(22)23)20-9-8-11-2-4-12(5-3-11)16(17,18)19/h2-7,10,20H,8-9H2,1H3. The zero-order valence-electron chi connectivity index (χ0n) is 13.6. The lowest BCUT2D eigenvalue weighted by Crippen LogP contribution is -2.09. The third kappa shape index (κ3) is 4.94. The molecule has 0 atom stereocenters. The number of nitro groups is 1. The van der Waals surface area contributed by atoms with Crippen LogP contribution in [-0.2, 0) is 22.4 Å². The Morgan fingerprint density at radius 2 is 1.73 bits per heavy atom. The van der Waals surface area contributed by atoms with Crippen molar-refractivity contribution in [2.75, 3.05) is 18.1 Å². The molecular weight excluding hydrogens is 373 g/mol. The van der Waals surface area contributed by atoms with Crippen molar-refractivity contribution in [1.82, 2.24) is 0 Å². The first-order valence-corrected chi connectivity index (χ1v) is 9.26. The van der Waals surface area contributed by atoms with Crippen LogP contribution in [0.3, 0.4) is 0 Å². The number of anilines is 1. The highest BCUT2D eigenvalue weighted by Crippen LogP contribution is 2.29. The fraction of sp³-hybridized carbons (Fsp3) is 0.250. The highest BCUT2D eigenvalue weighted by atomic mass is 32.2. The Bertz CT molecular complexity index is 910. The lowest BCUT2D eigenvalue weighted by molar-refractivity contribution is -0.384. The molecule has 1 N–H and O–H groups in total. The van der Waals surface area contributed by atoms with E-state index < -0.39 is 26.5 Å². The minimum absolute atomic E-state index is 0.134. The summed E-state index contributed by atoms with van der Waals surface area (Å²) in [4.78, 5) is 10.3. The molecule has 0 saturated carbocycles. The monoisotopic (exact) mass is 388 g/mol. The summed E-state index contributed by atoms with van der Waals surface area (Å²) in [6, 6.07) is 8.13. The van der Waals surface area contributed by atoms with Crippen LogP contribution in [0.2, 0.25) is 0 Å². The van der Waals surface area contributed by atoms with Gasteiger partial charge in [0.05, 0.1) is 15.4 Å². The predicted octanol–water partition coefficient (Wildman–Crippen LogP) is 3.67. The summed E-state index contributed by atoms with van der Waals surface area (Å²) in [5.74, 6) is 0. The molecular formula is C16H15F3N2O4S. The summed E-state index contributed by atoms with van der Waals surface area (Å²) in [5, 5.41) is 13.9. The van der Waals surface area contributed by atoms with E-state index >= 15 is 0 Å². The maximum Gasteiger partial charge on any atom is 0.416 e. The van der Waals surface area contributed by atoms with E-state index in [9.17, 15) is 31.7 Å². The van der Waals surface area contributed by atoms with Crippen molar-refractivity contribution in [2.45, 2.75) is 17.5 Å². The Hall–Kier alpha value is -2.62. The number of hydrogen-bond donors (Lipinski definition) is 1. The Labute approximate surface area is 147 Å². The number of benzene rings is 2. The van der Waals surface area contributed by atoms with Crippen LogP contribution in [-0.4, -0.2) is 26.1 Å². The Morgan fingerprint density at radius 3 is 2.23 bits per heavy atom. The number of nitrogens with zero attached hydrogens (tertiary/aromatic N) is 1. The van der Waals surface area contributed by atoms with Gasteiger partial charge in [-0.05, 0) is 36.2 Å². The second-order valence-corrected chi connectivity index (χ2v) is 7.60. The van der Waals surface area contributed by atoms with Crippen LogP contribution in [0, 0.1) is 10.1 Å². The first-order chi connectivity index (χ1) is 12.0. The average molecular weight is 388 g/mol. The van der Waals surface area contributed by atoms with E-state index in [4.69, 9.17) is 0 Å². The van der Waals surface area contributed by atoms with E-state index in [1.807, 2.05) is 0 Å². The molecule has 6 nitrogen and oxygen atoms in total. The highest BCUT2D eigenvalue weighted by Gasteiger charge is 2.29. The summed E-state index contributed by atoms with van der Waals surface area (Å²) in [7, 11) is -3.58. The van der Waals surface area contributed by atoms with Crippen LogP contribution in [0.25, 0.3) is 0 Å². The molecule has 0 spiro atoms. The third-order valence-corrected chi connectivity index (χ3v) is 4.71. The summed E-state index contributed by atoms with van der Waals surface area (Å²) in [5.41, 5.74) is -0.378. The molecule has 0 aliphatic heterocycles. The van der Waals surface area contributed by atoms with Gasteiger partial charge in [-0.25, -0.2) is 8.42 Å². The van der Waals surface area contributed by atoms with E-state index in [0.717, 1.165) is 24.5 Å². The van der Waals surface area contributed by atoms with Crippen LogP contribution in [0.1, 0.15) is 11.1 Å². The van der Waals surface area contributed by atoms with Gasteiger partial charge in [-0.1, -0.05) is 12.1 Å². The smallest absolute Gasteiger partial charge is 0.379 e. The summed E-state index contributed by atoms with van der Waals surface area (Å²) in [6.07, 6.45) is -3.12. The van der Waals surface area contributed by atoms with E-state index in [1.54, 1.807) is 0 Å². The molecule has 140 valence electrons. The van der Waals surface area contributed by atoms with Crippen LogP contribution in [0.4, 0.5) is 24.5 Å². The molecule has 10 heteroatoms. The summed E-state index contributed by atoms with van der Waals surface area (Å²) in [6.45, 7) is 0.227. The molecule has 0 fully saturated rings. The quantitative estimate of drug-likeness (QED) is 0.602. The minimum atomic E-state index is -4.40. The topological polar surface area (TPSA) is 89.3 Å². The summed E-state index contributed by atoms with van der Waals surface area (Å²) >= 11 is 0. The van der Waals surface area contributed by atoms with Gasteiger partial charge in [0.2, 0.25) is 0 Å². The minimum Gasteiger partial charge on any atom is -0.379 e. The maximum absolute atomic E-state index is 12.5. The fourth-order valence-corrected chi connectivity index (χ4v) is 2.89. The lowest BCUT2D eigenvalue weighted by Gasteiger charge is -2.10. The number of alkyl halides is 3. The van der Waals surface area contributed by atoms with Crippen molar-refractivity contribution < 1.29 is 26.5 Å². The zero-order valence-corrected chi connectivity index (χ0v) is 14.4. The predicted molar refractivity (Wildman–Crippen MR) is 89.8 cm³/mol. The van der Waals surface area contributed by atoms with E-state index in [1.165, 1.54) is 24.3 Å². The number of hydrogen-bond acceptors (Lipinski definition) is 5. The first-order valence-electron chi connectivity index (χ1n) is 7.37. The molecule has 2 aromatic rings. The van der Waals surface area contributed by atoms with Crippen molar-refractivity contribution in [3.05, 3.63) is 63.7 Å². The number of rotatable bonds is 6. The van der Waals surface area contributed by atoms with Crippen molar-refractivity contribution >= 4 is 21.2 Å². The largest absolute Gasteiger partial charge is 0.416 e. The van der Waals surface area contributed by atoms with Gasteiger partial charge in [-0.15, -0.1) is 0 Å². The van der Waals surface area contributed by atoms with Crippen molar-refractivity contribution in [1.29, 1.82) is 0 Å². The molecule has 26 heavy (non-hydrogen) atoms. The highest BCUT2D eigenvalue weighted by molar-refractivity contribution is 7.90. The molecule has 0 radical (unpaired) electrons. The second kappa shape index (κ2) is 7.32. The van der Waals surface area contributed by atoms with Crippen LogP contribution < -0.4 is 5.32 Å². The zero-order chi connectivity index (χ0) is 19.5. The lowest BCUT2D eigenvalue weighted by atomic mass is 10.1. The van der Waals surface area contributed by atoms with Gasteiger partial charge in [-0.2, -0.15) is 13.2 Å². The van der Waals surface area contributed by atoms with Crippen molar-refractivity contribution in [3.8, 4) is 0 Å². The van der Waals surface area contributed by atoms with E-state index in [2.05, 4.69) is 5.32 Å². The molecule has 0 saturated heterocycles. The van der Waals surface area contributed by atoms with Gasteiger partial charge in [0.1, 0.15) is 5.69 Å². The molecule has 0 heterocycles. The number of halogens is 3. The van der Waals surface area contributed by atoms with E-state index in [0.29, 0.717) is 12.0 Å². The van der Waals surface area contributed by atoms with E-state index in [-0.39, 0.29) is 22.8 Å². The van der Waals surface area contributed by atoms with Gasteiger partial charge >= 0.3 is 6.18 Å². The molecule has 0 aliphatic rings. The van der Waals surface area contributed by atoms with Crippen molar-refractivity contribution in [2.24, 2.45) is 0 Å². The van der Waals surface area contributed by atoms with Gasteiger partial charge in [0.25, 0.3) is 5.69 Å². The fourth-order valence-electron chi connectivity index (χ4n) is 2.24. The maximum atomic E-state index is 12.5. The van der Waals surface area contributed by atoms with Gasteiger partial charge in [0, 0.05) is 18.9 Å². The van der Waals surface area contributed by atoms with Crippen LogP contribution >= 0.6 is 0 Å². The number of sulfone groups is 1. The molecule has 0 amide bonds. The normalized spacial score (nSPS) is 12.0. The number of nitrogens with one attached hydrogen (secondary N) is 1. The Balaban J connectivity index is 2.09. The first kappa shape index (κ1) is 19.7. The van der Waals surface area contributed by atoms with Crippen LogP contribution in [0.5, 0.6) is 0 Å². The number of nitro benzene ring substituents is 1. The van der Waals surface area contributed by atoms with Crippen LogP contribution in [0.15, 0.2) is 47.4 Å². The third-order valence-electron chi connectivity index (χ3n) is 3.60. The molecule has 2 aromatic carbocycles. The molecule has 0 aliphatic carbocycles. The molecule has 0 bridgehead atoms. The molecule has 0 aromatic heterocycles. The second-order valence-electron chi connectivity index (χ2n) is 5.58. The molecule has 2 rings (SSSR count). The Kier molecular flexibility index (Phi) is 5.55. The Morgan fingerprint density at radius 1 is 1.12 bits per heavy atom.